The second kappa shape index (κ2) is 9.07. The van der Waals surface area contributed by atoms with Crippen LogP contribution < -0.4 is 11.1 Å². The van der Waals surface area contributed by atoms with Gasteiger partial charge in [-0.25, -0.2) is 0 Å². The minimum atomic E-state index is 0. The van der Waals surface area contributed by atoms with Crippen LogP contribution >= 0.6 is 24.0 Å². The summed E-state index contributed by atoms with van der Waals surface area (Å²) in [5, 5.41) is 3.26. The lowest BCUT2D eigenvalue weighted by Gasteiger charge is -2.37. The summed E-state index contributed by atoms with van der Waals surface area (Å²) in [5.74, 6) is 1.46. The number of rotatable bonds is 5. The summed E-state index contributed by atoms with van der Waals surface area (Å²) in [7, 11) is 0. The topological polar surface area (TPSA) is 53.6 Å². The first kappa shape index (κ1) is 18.0. The molecule has 4 nitrogen and oxygen atoms in total. The Kier molecular flexibility index (Phi) is 8.17. The first-order valence-electron chi connectivity index (χ1n) is 7.96. The maximum atomic E-state index is 5.93. The van der Waals surface area contributed by atoms with Gasteiger partial charge in [0.2, 0.25) is 0 Å². The van der Waals surface area contributed by atoms with E-state index in [1.165, 1.54) is 45.1 Å². The zero-order chi connectivity index (χ0) is 13.7. The molecule has 0 aromatic rings. The van der Waals surface area contributed by atoms with Gasteiger partial charge in [-0.1, -0.05) is 12.8 Å². The van der Waals surface area contributed by atoms with Crippen molar-refractivity contribution in [3.05, 3.63) is 0 Å². The molecule has 118 valence electrons. The van der Waals surface area contributed by atoms with Crippen molar-refractivity contribution in [2.24, 2.45) is 16.6 Å². The molecule has 0 amide bonds. The fraction of sp³-hybridized carbons (Fsp3) is 0.933. The van der Waals surface area contributed by atoms with E-state index in [1.807, 2.05) is 0 Å². The van der Waals surface area contributed by atoms with Gasteiger partial charge in [0.05, 0.1) is 6.54 Å². The summed E-state index contributed by atoms with van der Waals surface area (Å²) in [6, 6.07) is 1.20. The molecule has 20 heavy (non-hydrogen) atoms. The second-order valence-electron chi connectivity index (χ2n) is 6.34. The van der Waals surface area contributed by atoms with Crippen LogP contribution in [-0.4, -0.2) is 42.6 Å². The van der Waals surface area contributed by atoms with E-state index in [-0.39, 0.29) is 24.0 Å². The highest BCUT2D eigenvalue weighted by Gasteiger charge is 2.22. The molecule has 2 unspecified atom stereocenters. The molecule has 0 bridgehead atoms. The molecule has 0 spiro atoms. The number of nitrogens with two attached hydrogens (primary N) is 1. The van der Waals surface area contributed by atoms with Gasteiger partial charge in [0.25, 0.3) is 0 Å². The molecular weight excluding hydrogens is 363 g/mol. The highest BCUT2D eigenvalue weighted by Crippen LogP contribution is 2.25. The number of piperidine rings is 1. The summed E-state index contributed by atoms with van der Waals surface area (Å²) in [6.07, 6.45) is 8.10. The van der Waals surface area contributed by atoms with Crippen molar-refractivity contribution in [1.82, 2.24) is 10.2 Å². The molecule has 2 aliphatic rings. The van der Waals surface area contributed by atoms with E-state index in [2.05, 4.69) is 29.1 Å². The molecule has 1 aliphatic heterocycles. The Balaban J connectivity index is 0.00000200. The number of hydrogen-bond donors (Lipinski definition) is 2. The van der Waals surface area contributed by atoms with Gasteiger partial charge in [0.1, 0.15) is 0 Å². The highest BCUT2D eigenvalue weighted by molar-refractivity contribution is 14.0. The Morgan fingerprint density at radius 2 is 2.05 bits per heavy atom. The predicted molar refractivity (Wildman–Crippen MR) is 96.7 cm³/mol. The van der Waals surface area contributed by atoms with Crippen molar-refractivity contribution < 1.29 is 0 Å². The van der Waals surface area contributed by atoms with E-state index in [0.29, 0.717) is 18.0 Å². The Morgan fingerprint density at radius 3 is 2.65 bits per heavy atom. The van der Waals surface area contributed by atoms with E-state index in [0.717, 1.165) is 19.0 Å². The standard InChI is InChI=1S/C15H30N4.HI/c1-12-6-3-4-9-19(12)13(2)10-17-15(16)18-11-14-7-5-8-14;/h12-14H,3-11H2,1-2H3,(H3,16,17,18);1H. The van der Waals surface area contributed by atoms with E-state index < -0.39 is 0 Å². The van der Waals surface area contributed by atoms with Gasteiger partial charge in [-0.15, -0.1) is 24.0 Å². The average molecular weight is 394 g/mol. The summed E-state index contributed by atoms with van der Waals surface area (Å²) in [5.41, 5.74) is 5.93. The molecule has 1 heterocycles. The van der Waals surface area contributed by atoms with Crippen LogP contribution in [-0.2, 0) is 0 Å². The quantitative estimate of drug-likeness (QED) is 0.428. The average Bonchev–Trinajstić information content (AvgIpc) is 2.34. The maximum absolute atomic E-state index is 5.93. The number of likely N-dealkylation sites (tertiary alicyclic amines) is 1. The lowest BCUT2D eigenvalue weighted by atomic mass is 9.85. The molecular formula is C15H31IN4. The van der Waals surface area contributed by atoms with Gasteiger partial charge >= 0.3 is 0 Å². The van der Waals surface area contributed by atoms with Gasteiger partial charge in [0.15, 0.2) is 5.96 Å². The Hall–Kier alpha value is -0.0400. The smallest absolute Gasteiger partial charge is 0.188 e. The zero-order valence-corrected chi connectivity index (χ0v) is 15.3. The molecule has 2 atom stereocenters. The number of guanidine groups is 1. The van der Waals surface area contributed by atoms with Crippen molar-refractivity contribution >= 4 is 29.9 Å². The predicted octanol–water partition coefficient (Wildman–Crippen LogP) is 2.57. The fourth-order valence-electron chi connectivity index (χ4n) is 3.11. The second-order valence-corrected chi connectivity index (χ2v) is 6.34. The number of nitrogens with one attached hydrogen (secondary N) is 1. The third kappa shape index (κ3) is 5.39. The van der Waals surface area contributed by atoms with E-state index in [9.17, 15) is 0 Å². The zero-order valence-electron chi connectivity index (χ0n) is 13.0. The Morgan fingerprint density at radius 1 is 1.30 bits per heavy atom. The van der Waals surface area contributed by atoms with Gasteiger partial charge in [-0.2, -0.15) is 0 Å². The molecule has 1 saturated heterocycles. The lowest BCUT2D eigenvalue weighted by Crippen LogP contribution is -2.45. The van der Waals surface area contributed by atoms with Crippen molar-refractivity contribution in [2.45, 2.75) is 64.5 Å². The number of halogens is 1. The van der Waals surface area contributed by atoms with Crippen molar-refractivity contribution in [3.8, 4) is 0 Å². The van der Waals surface area contributed by atoms with E-state index in [4.69, 9.17) is 5.73 Å². The first-order chi connectivity index (χ1) is 9.16. The van der Waals surface area contributed by atoms with Gasteiger partial charge in [-0.3, -0.25) is 9.89 Å². The highest BCUT2D eigenvalue weighted by atomic mass is 127. The molecule has 2 fully saturated rings. The lowest BCUT2D eigenvalue weighted by molar-refractivity contribution is 0.118. The SMILES string of the molecule is CC1CCCCN1C(C)CN=C(N)NCC1CCC1.I. The molecule has 3 N–H and O–H groups in total. The van der Waals surface area contributed by atoms with Crippen LogP contribution in [0.4, 0.5) is 0 Å². The van der Waals surface area contributed by atoms with E-state index in [1.54, 1.807) is 0 Å². The Bertz CT molecular complexity index is 304. The number of nitrogens with zero attached hydrogens (tertiary/aromatic N) is 2. The van der Waals surface area contributed by atoms with Gasteiger partial charge < -0.3 is 11.1 Å². The Labute approximate surface area is 141 Å². The van der Waals surface area contributed by atoms with Crippen molar-refractivity contribution in [1.29, 1.82) is 0 Å². The van der Waals surface area contributed by atoms with Crippen LogP contribution in [0.5, 0.6) is 0 Å². The van der Waals surface area contributed by atoms with Crippen LogP contribution in [0.1, 0.15) is 52.4 Å². The molecule has 0 radical (unpaired) electrons. The number of hydrogen-bond acceptors (Lipinski definition) is 2. The maximum Gasteiger partial charge on any atom is 0.188 e. The first-order valence-corrected chi connectivity index (χ1v) is 7.96. The molecule has 5 heteroatoms. The summed E-state index contributed by atoms with van der Waals surface area (Å²) in [6.45, 7) is 7.63. The van der Waals surface area contributed by atoms with Crippen LogP contribution in [0, 0.1) is 5.92 Å². The minimum Gasteiger partial charge on any atom is -0.370 e. The molecule has 1 aliphatic carbocycles. The van der Waals surface area contributed by atoms with Crippen LogP contribution in [0.15, 0.2) is 4.99 Å². The van der Waals surface area contributed by atoms with Crippen LogP contribution in [0.2, 0.25) is 0 Å². The molecule has 0 aromatic heterocycles. The summed E-state index contributed by atoms with van der Waals surface area (Å²) < 4.78 is 0. The van der Waals surface area contributed by atoms with Crippen LogP contribution in [0.3, 0.4) is 0 Å². The molecule has 1 saturated carbocycles. The summed E-state index contributed by atoms with van der Waals surface area (Å²) >= 11 is 0. The molecule has 2 rings (SSSR count). The van der Waals surface area contributed by atoms with Gasteiger partial charge in [0, 0.05) is 18.6 Å². The van der Waals surface area contributed by atoms with Crippen LogP contribution in [0.25, 0.3) is 0 Å². The third-order valence-electron chi connectivity index (χ3n) is 4.74. The normalized spacial score (nSPS) is 26.5. The monoisotopic (exact) mass is 394 g/mol. The van der Waals surface area contributed by atoms with Gasteiger partial charge in [-0.05, 0) is 52.0 Å². The molecule has 0 aromatic carbocycles. The third-order valence-corrected chi connectivity index (χ3v) is 4.74. The largest absolute Gasteiger partial charge is 0.370 e. The number of aliphatic imine (C=N–C) groups is 1. The van der Waals surface area contributed by atoms with E-state index >= 15 is 0 Å². The van der Waals surface area contributed by atoms with Crippen molar-refractivity contribution in [2.75, 3.05) is 19.6 Å². The minimum absolute atomic E-state index is 0. The fourth-order valence-corrected chi connectivity index (χ4v) is 3.11. The summed E-state index contributed by atoms with van der Waals surface area (Å²) in [4.78, 5) is 7.08. The van der Waals surface area contributed by atoms with Crippen molar-refractivity contribution in [3.63, 3.8) is 0 Å².